The molecule has 1 aliphatic rings. The third kappa shape index (κ3) is 2.78. The highest BCUT2D eigenvalue weighted by Gasteiger charge is 2.28. The van der Waals surface area contributed by atoms with Crippen LogP contribution in [0.25, 0.3) is 0 Å². The number of carbonyl (C=O) groups excluding carboxylic acids is 1. The van der Waals surface area contributed by atoms with Crippen LogP contribution in [-0.2, 0) is 17.8 Å². The van der Waals surface area contributed by atoms with E-state index in [4.69, 9.17) is 0 Å². The number of carbonyl (C=O) groups is 1. The predicted octanol–water partition coefficient (Wildman–Crippen LogP) is 1.04. The number of amides is 1. The van der Waals surface area contributed by atoms with E-state index in [2.05, 4.69) is 15.1 Å². The lowest BCUT2D eigenvalue weighted by Crippen LogP contribution is -2.42. The van der Waals surface area contributed by atoms with Gasteiger partial charge in [-0.3, -0.25) is 14.3 Å². The summed E-state index contributed by atoms with van der Waals surface area (Å²) in [5, 5.41) is 4.40. The number of hydrogen-bond donors (Lipinski definition) is 1. The Hall–Kier alpha value is -2.44. The number of aromatic nitrogens is 4. The van der Waals surface area contributed by atoms with Gasteiger partial charge in [0.2, 0.25) is 5.91 Å². The number of nitrogens with one attached hydrogen (secondary N) is 1. The number of aryl methyl sites for hydroxylation is 3. The fourth-order valence-electron chi connectivity index (χ4n) is 3.16. The van der Waals surface area contributed by atoms with E-state index in [0.29, 0.717) is 36.6 Å². The van der Waals surface area contributed by atoms with Gasteiger partial charge in [0.25, 0.3) is 5.56 Å². The topological polar surface area (TPSA) is 83.9 Å². The van der Waals surface area contributed by atoms with Gasteiger partial charge >= 0.3 is 0 Å². The number of aromatic amines is 1. The van der Waals surface area contributed by atoms with Crippen LogP contribution in [0.15, 0.2) is 10.9 Å². The first-order chi connectivity index (χ1) is 10.9. The molecule has 0 saturated heterocycles. The van der Waals surface area contributed by atoms with E-state index in [0.717, 1.165) is 11.4 Å². The van der Waals surface area contributed by atoms with Crippen molar-refractivity contribution in [3.05, 3.63) is 44.9 Å². The first kappa shape index (κ1) is 15.5. The second-order valence-electron chi connectivity index (χ2n) is 6.13. The number of rotatable bonds is 2. The summed E-state index contributed by atoms with van der Waals surface area (Å²) in [5.74, 6) is 0.580. The minimum atomic E-state index is -0.367. The predicted molar refractivity (Wildman–Crippen MR) is 85.1 cm³/mol. The second-order valence-corrected chi connectivity index (χ2v) is 6.13. The average Bonchev–Trinajstić information content (AvgIpc) is 2.83. The highest BCUT2D eigenvalue weighted by molar-refractivity contribution is 5.80. The molecule has 23 heavy (non-hydrogen) atoms. The minimum Gasteiger partial charge on any atom is -0.335 e. The highest BCUT2D eigenvalue weighted by atomic mass is 16.2. The Balaban J connectivity index is 1.84. The van der Waals surface area contributed by atoms with Crippen molar-refractivity contribution in [2.75, 3.05) is 6.54 Å². The number of nitrogens with zero attached hydrogens (tertiary/aromatic N) is 4. The molecule has 0 spiro atoms. The van der Waals surface area contributed by atoms with Gasteiger partial charge in [-0.25, -0.2) is 4.98 Å². The van der Waals surface area contributed by atoms with Crippen LogP contribution in [0.3, 0.4) is 0 Å². The van der Waals surface area contributed by atoms with E-state index in [1.807, 2.05) is 26.8 Å². The summed E-state index contributed by atoms with van der Waals surface area (Å²) >= 11 is 0. The molecule has 122 valence electrons. The molecule has 1 amide bonds. The molecule has 0 saturated carbocycles. The van der Waals surface area contributed by atoms with Gasteiger partial charge in [0.15, 0.2) is 0 Å². The molecule has 3 heterocycles. The van der Waals surface area contributed by atoms with Crippen molar-refractivity contribution in [1.29, 1.82) is 0 Å². The normalized spacial score (nSPS) is 15.4. The minimum absolute atomic E-state index is 0.00147. The van der Waals surface area contributed by atoms with Gasteiger partial charge in [0.05, 0.1) is 17.9 Å². The fourth-order valence-corrected chi connectivity index (χ4v) is 3.16. The van der Waals surface area contributed by atoms with Gasteiger partial charge in [-0.2, -0.15) is 5.10 Å². The van der Waals surface area contributed by atoms with Gasteiger partial charge in [0.1, 0.15) is 11.9 Å². The molecule has 0 bridgehead atoms. The summed E-state index contributed by atoms with van der Waals surface area (Å²) in [6, 6.07) is 1.59. The Morgan fingerprint density at radius 1 is 1.35 bits per heavy atom. The molecule has 0 aliphatic carbocycles. The Labute approximate surface area is 134 Å². The van der Waals surface area contributed by atoms with Crippen molar-refractivity contribution >= 4 is 5.91 Å². The molecule has 0 fully saturated rings. The van der Waals surface area contributed by atoms with Gasteiger partial charge < -0.3 is 9.88 Å². The molecule has 7 heteroatoms. The van der Waals surface area contributed by atoms with Crippen molar-refractivity contribution < 1.29 is 4.79 Å². The molecule has 1 unspecified atom stereocenters. The Morgan fingerprint density at radius 2 is 2.09 bits per heavy atom. The Kier molecular flexibility index (Phi) is 3.79. The summed E-state index contributed by atoms with van der Waals surface area (Å²) < 4.78 is 1.75. The van der Waals surface area contributed by atoms with Crippen LogP contribution in [0.4, 0.5) is 0 Å². The first-order valence-electron chi connectivity index (χ1n) is 7.77. The molecule has 2 aromatic rings. The Bertz CT molecular complexity index is 820. The molecular formula is C16H21N5O2. The smallest absolute Gasteiger partial charge is 0.254 e. The maximum absolute atomic E-state index is 12.8. The molecule has 1 N–H and O–H groups in total. The van der Waals surface area contributed by atoms with E-state index < -0.39 is 0 Å². The quantitative estimate of drug-likeness (QED) is 0.897. The molecule has 0 aromatic carbocycles. The van der Waals surface area contributed by atoms with Crippen molar-refractivity contribution in [1.82, 2.24) is 24.6 Å². The summed E-state index contributed by atoms with van der Waals surface area (Å²) in [7, 11) is 0. The molecular weight excluding hydrogens is 294 g/mol. The summed E-state index contributed by atoms with van der Waals surface area (Å²) in [5.41, 5.74) is 3.16. The lowest BCUT2D eigenvalue weighted by Gasteiger charge is -2.30. The van der Waals surface area contributed by atoms with Crippen LogP contribution < -0.4 is 5.56 Å². The van der Waals surface area contributed by atoms with E-state index in [9.17, 15) is 9.59 Å². The van der Waals surface area contributed by atoms with Gasteiger partial charge in [-0.1, -0.05) is 0 Å². The summed E-state index contributed by atoms with van der Waals surface area (Å²) in [6.07, 6.45) is 0.535. The van der Waals surface area contributed by atoms with Crippen LogP contribution in [-0.4, -0.2) is 37.1 Å². The van der Waals surface area contributed by atoms with Crippen molar-refractivity contribution in [2.24, 2.45) is 0 Å². The van der Waals surface area contributed by atoms with Crippen LogP contribution in [0.2, 0.25) is 0 Å². The summed E-state index contributed by atoms with van der Waals surface area (Å²) in [4.78, 5) is 33.6. The van der Waals surface area contributed by atoms with Crippen molar-refractivity contribution in [2.45, 2.75) is 46.7 Å². The number of fused-ring (bicyclic) bond motifs is 1. The van der Waals surface area contributed by atoms with Crippen LogP contribution >= 0.6 is 0 Å². The molecule has 7 nitrogen and oxygen atoms in total. The SMILES string of the molecule is Cc1cc(C)n(C(C)C(=O)N2CCc3c(nc(C)[nH]c3=O)C2)n1. The lowest BCUT2D eigenvalue weighted by molar-refractivity contribution is -0.135. The van der Waals surface area contributed by atoms with E-state index in [1.54, 1.807) is 16.5 Å². The summed E-state index contributed by atoms with van der Waals surface area (Å²) in [6.45, 7) is 8.37. The fraction of sp³-hybridized carbons (Fsp3) is 0.500. The maximum Gasteiger partial charge on any atom is 0.254 e. The third-order valence-corrected chi connectivity index (χ3v) is 4.27. The Morgan fingerprint density at radius 3 is 2.74 bits per heavy atom. The standard InChI is InChI=1S/C16H21N5O2/c1-9-7-10(2)21(19-9)11(3)16(23)20-6-5-13-14(8-20)17-12(4)18-15(13)22/h7,11H,5-6,8H2,1-4H3,(H,17,18,22). The van der Waals surface area contributed by atoms with Crippen LogP contribution in [0, 0.1) is 20.8 Å². The molecule has 0 radical (unpaired) electrons. The third-order valence-electron chi connectivity index (χ3n) is 4.27. The second kappa shape index (κ2) is 5.64. The average molecular weight is 315 g/mol. The molecule has 1 atom stereocenters. The molecule has 3 rings (SSSR count). The zero-order chi connectivity index (χ0) is 16.7. The highest BCUT2D eigenvalue weighted by Crippen LogP contribution is 2.19. The van der Waals surface area contributed by atoms with Crippen molar-refractivity contribution in [3.63, 3.8) is 0 Å². The molecule has 1 aliphatic heterocycles. The number of H-pyrrole nitrogens is 1. The van der Waals surface area contributed by atoms with Crippen LogP contribution in [0.1, 0.15) is 41.4 Å². The largest absolute Gasteiger partial charge is 0.335 e. The van der Waals surface area contributed by atoms with Gasteiger partial charge in [-0.15, -0.1) is 0 Å². The van der Waals surface area contributed by atoms with E-state index >= 15 is 0 Å². The zero-order valence-corrected chi connectivity index (χ0v) is 13.9. The monoisotopic (exact) mass is 315 g/mol. The van der Waals surface area contributed by atoms with Gasteiger partial charge in [-0.05, 0) is 40.2 Å². The lowest BCUT2D eigenvalue weighted by atomic mass is 10.1. The van der Waals surface area contributed by atoms with Crippen molar-refractivity contribution in [3.8, 4) is 0 Å². The van der Waals surface area contributed by atoms with Gasteiger partial charge in [0, 0.05) is 17.8 Å². The number of hydrogen-bond acceptors (Lipinski definition) is 4. The molecule has 2 aromatic heterocycles. The van der Waals surface area contributed by atoms with E-state index in [1.165, 1.54) is 0 Å². The van der Waals surface area contributed by atoms with Crippen LogP contribution in [0.5, 0.6) is 0 Å². The van der Waals surface area contributed by atoms with E-state index in [-0.39, 0.29) is 17.5 Å². The first-order valence-corrected chi connectivity index (χ1v) is 7.77. The maximum atomic E-state index is 12.8. The zero-order valence-electron chi connectivity index (χ0n) is 13.9.